The summed E-state index contributed by atoms with van der Waals surface area (Å²) in [5.74, 6) is 2.32. The van der Waals surface area contributed by atoms with Gasteiger partial charge in [0.15, 0.2) is 0 Å². The molecule has 0 aromatic heterocycles. The molecule has 0 saturated carbocycles. The van der Waals surface area contributed by atoms with Crippen LogP contribution >= 0.6 is 37.0 Å². The number of thiol groups is 2. The van der Waals surface area contributed by atoms with Crippen molar-refractivity contribution in [2.24, 2.45) is 0 Å². The maximum absolute atomic E-state index is 9.25. The molecule has 0 heterocycles. The molecule has 2 N–H and O–H groups in total. The first-order valence-electron chi connectivity index (χ1n) is 4.46. The summed E-state index contributed by atoms with van der Waals surface area (Å²) in [6.07, 6.45) is 1.67. The van der Waals surface area contributed by atoms with E-state index in [4.69, 9.17) is 10.2 Å². The highest BCUT2D eigenvalue weighted by Gasteiger charge is 1.80. The van der Waals surface area contributed by atoms with Crippen LogP contribution in [0.3, 0.4) is 0 Å². The van der Waals surface area contributed by atoms with Crippen molar-refractivity contribution in [3.8, 4) is 0 Å². The normalized spacial score (nSPS) is 7.65. The van der Waals surface area contributed by atoms with Crippen molar-refractivity contribution in [2.75, 3.05) is 23.0 Å². The molecule has 0 rings (SSSR count). The highest BCUT2D eigenvalue weighted by atomic mass is 32.2. The predicted molar refractivity (Wildman–Crippen MR) is 80.7 cm³/mol. The van der Waals surface area contributed by atoms with Crippen LogP contribution in [0.25, 0.3) is 0 Å². The summed E-state index contributed by atoms with van der Waals surface area (Å²) >= 11 is 10.00. The van der Waals surface area contributed by atoms with Gasteiger partial charge in [-0.3, -0.25) is 0 Å². The van der Waals surface area contributed by atoms with Crippen molar-refractivity contribution in [3.05, 3.63) is 25.3 Å². The summed E-state index contributed by atoms with van der Waals surface area (Å²) in [7, 11) is 0. The molecule has 0 unspecified atom stereocenters. The van der Waals surface area contributed by atoms with Crippen molar-refractivity contribution in [1.29, 1.82) is 0 Å². The first-order valence-corrected chi connectivity index (χ1v) is 6.88. The fourth-order valence-electron chi connectivity index (χ4n) is 0.231. The van der Waals surface area contributed by atoms with Crippen LogP contribution in [-0.4, -0.2) is 45.2 Å². The molecule has 0 aromatic rings. The minimum absolute atomic E-state index is 0.833. The second-order valence-electron chi connectivity index (χ2n) is 2.14. The number of thioether (sulfide) groups is 1. The van der Waals surface area contributed by atoms with Crippen LogP contribution in [-0.2, 0) is 9.59 Å². The summed E-state index contributed by atoms with van der Waals surface area (Å²) in [6, 6.07) is 0. The Morgan fingerprint density at radius 3 is 1.35 bits per heavy atom. The molecule has 0 atom stereocenters. The number of rotatable bonds is 6. The zero-order valence-corrected chi connectivity index (χ0v) is 12.0. The Labute approximate surface area is 117 Å². The van der Waals surface area contributed by atoms with Gasteiger partial charge >= 0.3 is 11.9 Å². The molecule has 100 valence electrons. The smallest absolute Gasteiger partial charge is 0.327 e. The van der Waals surface area contributed by atoms with E-state index in [-0.39, 0.29) is 0 Å². The lowest BCUT2D eigenvalue weighted by molar-refractivity contribution is -0.132. The molecule has 17 heavy (non-hydrogen) atoms. The van der Waals surface area contributed by atoms with Crippen molar-refractivity contribution in [2.45, 2.75) is 0 Å². The maximum atomic E-state index is 9.25. The van der Waals surface area contributed by atoms with Crippen LogP contribution in [0.1, 0.15) is 0 Å². The van der Waals surface area contributed by atoms with E-state index in [1.807, 2.05) is 11.8 Å². The monoisotopic (exact) mass is 298 g/mol. The van der Waals surface area contributed by atoms with Crippen LogP contribution in [0.4, 0.5) is 0 Å². The Balaban J connectivity index is -0.000000177. The number of carboxylic acids is 2. The van der Waals surface area contributed by atoms with E-state index in [9.17, 15) is 9.59 Å². The molecule has 0 saturated heterocycles. The Hall–Kier alpha value is -0.530. The van der Waals surface area contributed by atoms with Gasteiger partial charge in [0.05, 0.1) is 0 Å². The molecule has 0 spiro atoms. The van der Waals surface area contributed by atoms with E-state index in [0.29, 0.717) is 0 Å². The van der Waals surface area contributed by atoms with Gasteiger partial charge in [0, 0.05) is 23.7 Å². The Kier molecular flexibility index (Phi) is 26.6. The van der Waals surface area contributed by atoms with Crippen LogP contribution in [0.15, 0.2) is 25.3 Å². The average molecular weight is 298 g/mol. The van der Waals surface area contributed by atoms with Gasteiger partial charge in [-0.25, -0.2) is 9.59 Å². The molecule has 0 aliphatic rings. The standard InChI is InChI=1S/C4H10S3.2C3H4O2/c5-1-3-7-4-2-6;2*1-2-3(4)5/h5-6H,1-4H2;2*2H,1H2,(H,4,5). The number of carbonyl (C=O) groups is 2. The van der Waals surface area contributed by atoms with E-state index in [2.05, 4.69) is 38.4 Å². The molecule has 0 radical (unpaired) electrons. The van der Waals surface area contributed by atoms with Gasteiger partial charge < -0.3 is 10.2 Å². The van der Waals surface area contributed by atoms with Gasteiger partial charge in [-0.2, -0.15) is 37.0 Å². The molecule has 4 nitrogen and oxygen atoms in total. The topological polar surface area (TPSA) is 74.6 Å². The lowest BCUT2D eigenvalue weighted by Gasteiger charge is -1.90. The van der Waals surface area contributed by atoms with Crippen molar-refractivity contribution < 1.29 is 19.8 Å². The molecular formula is C10H18O4S3. The van der Waals surface area contributed by atoms with Gasteiger partial charge in [0.2, 0.25) is 0 Å². The van der Waals surface area contributed by atoms with E-state index >= 15 is 0 Å². The van der Waals surface area contributed by atoms with Gasteiger partial charge in [-0.05, 0) is 11.5 Å². The maximum Gasteiger partial charge on any atom is 0.327 e. The second-order valence-corrected chi connectivity index (χ2v) is 4.26. The highest BCUT2D eigenvalue weighted by Crippen LogP contribution is 1.99. The minimum atomic E-state index is -0.981. The van der Waals surface area contributed by atoms with Crippen LogP contribution < -0.4 is 0 Å². The van der Waals surface area contributed by atoms with Crippen LogP contribution in [0.2, 0.25) is 0 Å². The van der Waals surface area contributed by atoms with Crippen molar-refractivity contribution in [1.82, 2.24) is 0 Å². The van der Waals surface area contributed by atoms with E-state index in [0.717, 1.165) is 35.2 Å². The number of aliphatic carboxylic acids is 2. The quantitative estimate of drug-likeness (QED) is 0.343. The first kappa shape index (κ1) is 21.7. The molecule has 0 aliphatic heterocycles. The fourth-order valence-corrected chi connectivity index (χ4v) is 1.47. The lowest BCUT2D eigenvalue weighted by Crippen LogP contribution is -1.83. The minimum Gasteiger partial charge on any atom is -0.478 e. The number of carboxylic acid groups (broad SMARTS) is 2. The van der Waals surface area contributed by atoms with Gasteiger partial charge in [-0.15, -0.1) is 0 Å². The SMILES string of the molecule is C=CC(=O)O.C=CC(=O)O.SCCSCCS. The third-order valence-electron chi connectivity index (χ3n) is 0.820. The van der Waals surface area contributed by atoms with Gasteiger partial charge in [0.1, 0.15) is 0 Å². The van der Waals surface area contributed by atoms with E-state index in [1.54, 1.807) is 0 Å². The molecule has 0 aromatic carbocycles. The summed E-state index contributed by atoms with van der Waals surface area (Å²) in [5, 5.41) is 15.2. The average Bonchev–Trinajstić information content (AvgIpc) is 2.31. The van der Waals surface area contributed by atoms with Gasteiger partial charge in [-0.1, -0.05) is 13.2 Å². The molecule has 0 bridgehead atoms. The third-order valence-corrected chi connectivity index (χ3v) is 2.86. The van der Waals surface area contributed by atoms with E-state index < -0.39 is 11.9 Å². The van der Waals surface area contributed by atoms with Gasteiger partial charge in [0.25, 0.3) is 0 Å². The molecule has 7 heteroatoms. The summed E-state index contributed by atoms with van der Waals surface area (Å²) in [5.41, 5.74) is 0. The zero-order chi connectivity index (χ0) is 14.1. The van der Waals surface area contributed by atoms with Crippen LogP contribution in [0.5, 0.6) is 0 Å². The number of hydrogen-bond donors (Lipinski definition) is 4. The summed E-state index contributed by atoms with van der Waals surface area (Å²) in [4.78, 5) is 18.5. The largest absolute Gasteiger partial charge is 0.478 e. The lowest BCUT2D eigenvalue weighted by atomic mass is 10.7. The highest BCUT2D eigenvalue weighted by molar-refractivity contribution is 8.00. The summed E-state index contributed by atoms with van der Waals surface area (Å²) in [6.45, 7) is 5.92. The third kappa shape index (κ3) is 50.3. The van der Waals surface area contributed by atoms with Crippen LogP contribution in [0, 0.1) is 0 Å². The molecule has 0 amide bonds. The Morgan fingerprint density at radius 1 is 1.00 bits per heavy atom. The van der Waals surface area contributed by atoms with Crippen molar-refractivity contribution >= 4 is 49.0 Å². The molecule has 0 aliphatic carbocycles. The fraction of sp³-hybridized carbons (Fsp3) is 0.400. The first-order chi connectivity index (χ1) is 7.95. The molecular weight excluding hydrogens is 280 g/mol. The Morgan fingerprint density at radius 2 is 1.24 bits per heavy atom. The van der Waals surface area contributed by atoms with E-state index in [1.165, 1.54) is 0 Å². The zero-order valence-electron chi connectivity index (χ0n) is 9.41. The molecule has 0 fully saturated rings. The second kappa shape index (κ2) is 20.8. The number of hydrogen-bond acceptors (Lipinski definition) is 5. The summed E-state index contributed by atoms with van der Waals surface area (Å²) < 4.78 is 0. The van der Waals surface area contributed by atoms with Crippen molar-refractivity contribution in [3.63, 3.8) is 0 Å². The predicted octanol–water partition coefficient (Wildman–Crippen LogP) is 2.09. The Bertz CT molecular complexity index is 198.